The molecule has 0 spiro atoms. The highest BCUT2D eigenvalue weighted by Gasteiger charge is 2.23. The Morgan fingerprint density at radius 2 is 1.81 bits per heavy atom. The summed E-state index contributed by atoms with van der Waals surface area (Å²) >= 11 is 0. The van der Waals surface area contributed by atoms with Crippen LogP contribution in [0.25, 0.3) is 0 Å². The van der Waals surface area contributed by atoms with Crippen molar-refractivity contribution in [3.05, 3.63) is 52.1 Å². The molecule has 0 radical (unpaired) electrons. The third-order valence-corrected chi connectivity index (χ3v) is 3.74. The fourth-order valence-corrected chi connectivity index (χ4v) is 2.38. The van der Waals surface area contributed by atoms with Crippen LogP contribution < -0.4 is 10.9 Å². The molecule has 0 aliphatic carbocycles. The SMILES string of the molecule is COCCOC(=O)c1c(C)[nH]c(C(=O)NNc2ccc(F)c(F)c2F)c1C. The zero-order chi connectivity index (χ0) is 20.1. The summed E-state index contributed by atoms with van der Waals surface area (Å²) in [5, 5.41) is 0. The fourth-order valence-electron chi connectivity index (χ4n) is 2.38. The third kappa shape index (κ3) is 4.40. The number of hydrogen-bond donors (Lipinski definition) is 3. The Morgan fingerprint density at radius 3 is 2.48 bits per heavy atom. The second-order valence-electron chi connectivity index (χ2n) is 5.56. The van der Waals surface area contributed by atoms with E-state index >= 15 is 0 Å². The molecule has 0 atom stereocenters. The second-order valence-corrected chi connectivity index (χ2v) is 5.56. The summed E-state index contributed by atoms with van der Waals surface area (Å²) in [7, 11) is 1.46. The van der Waals surface area contributed by atoms with Crippen molar-refractivity contribution in [2.75, 3.05) is 25.7 Å². The van der Waals surface area contributed by atoms with Crippen molar-refractivity contribution in [1.82, 2.24) is 10.4 Å². The number of halogens is 3. The van der Waals surface area contributed by atoms with Crippen molar-refractivity contribution in [3.8, 4) is 0 Å². The number of anilines is 1. The van der Waals surface area contributed by atoms with E-state index in [-0.39, 0.29) is 24.5 Å². The van der Waals surface area contributed by atoms with E-state index in [1.54, 1.807) is 6.92 Å². The summed E-state index contributed by atoms with van der Waals surface area (Å²) in [6.45, 7) is 3.39. The van der Waals surface area contributed by atoms with Crippen molar-refractivity contribution >= 4 is 17.6 Å². The van der Waals surface area contributed by atoms with Gasteiger partial charge >= 0.3 is 5.97 Å². The van der Waals surface area contributed by atoms with Gasteiger partial charge < -0.3 is 14.5 Å². The number of aromatic nitrogens is 1. The normalized spacial score (nSPS) is 10.6. The van der Waals surface area contributed by atoms with E-state index in [0.717, 1.165) is 6.07 Å². The number of aromatic amines is 1. The number of rotatable bonds is 7. The number of carbonyl (C=O) groups is 2. The van der Waals surface area contributed by atoms with Crippen LogP contribution in [0.3, 0.4) is 0 Å². The van der Waals surface area contributed by atoms with Crippen LogP contribution in [0.4, 0.5) is 18.9 Å². The van der Waals surface area contributed by atoms with Gasteiger partial charge in [0.15, 0.2) is 17.5 Å². The minimum atomic E-state index is -1.66. The van der Waals surface area contributed by atoms with Gasteiger partial charge in [-0.1, -0.05) is 0 Å². The van der Waals surface area contributed by atoms with Crippen molar-refractivity contribution in [3.63, 3.8) is 0 Å². The number of ether oxygens (including phenoxy) is 2. The van der Waals surface area contributed by atoms with E-state index in [1.165, 1.54) is 14.0 Å². The van der Waals surface area contributed by atoms with E-state index in [9.17, 15) is 22.8 Å². The number of methoxy groups -OCH3 is 1. The molecule has 2 aromatic rings. The van der Waals surface area contributed by atoms with Gasteiger partial charge in [-0.25, -0.2) is 18.0 Å². The Morgan fingerprint density at radius 1 is 1.11 bits per heavy atom. The van der Waals surface area contributed by atoms with Crippen LogP contribution in [0.2, 0.25) is 0 Å². The van der Waals surface area contributed by atoms with Gasteiger partial charge in [-0.15, -0.1) is 0 Å². The van der Waals surface area contributed by atoms with Gasteiger partial charge in [0.2, 0.25) is 0 Å². The van der Waals surface area contributed by atoms with Crippen LogP contribution in [0, 0.1) is 31.3 Å². The molecule has 1 aromatic carbocycles. The molecular weight excluding hydrogens is 367 g/mol. The van der Waals surface area contributed by atoms with Crippen LogP contribution in [-0.4, -0.2) is 37.2 Å². The summed E-state index contributed by atoms with van der Waals surface area (Å²) in [5.74, 6) is -5.86. The minimum absolute atomic E-state index is 0.0293. The number of amides is 1. The standard InChI is InChI=1S/C17H18F3N3O4/c1-8-12(17(25)27-7-6-26-3)9(2)21-15(8)16(24)23-22-11-5-4-10(18)13(19)14(11)20/h4-5,21-22H,6-7H2,1-3H3,(H,23,24). The lowest BCUT2D eigenvalue weighted by Crippen LogP contribution is -2.30. The highest BCUT2D eigenvalue weighted by Crippen LogP contribution is 2.21. The number of aryl methyl sites for hydroxylation is 1. The lowest BCUT2D eigenvalue weighted by molar-refractivity contribution is 0.0387. The van der Waals surface area contributed by atoms with Crippen molar-refractivity contribution in [2.45, 2.75) is 13.8 Å². The van der Waals surface area contributed by atoms with Gasteiger partial charge in [-0.3, -0.25) is 15.6 Å². The fraction of sp³-hybridized carbons (Fsp3) is 0.294. The summed E-state index contributed by atoms with van der Waals surface area (Å²) < 4.78 is 49.6. The van der Waals surface area contributed by atoms with E-state index < -0.39 is 35.0 Å². The first-order valence-electron chi connectivity index (χ1n) is 7.83. The number of hydrazine groups is 1. The Kier molecular flexibility index (Phi) is 6.45. The zero-order valence-corrected chi connectivity index (χ0v) is 14.8. The average Bonchev–Trinajstić information content (AvgIpc) is 2.93. The van der Waals surface area contributed by atoms with Gasteiger partial charge in [0, 0.05) is 12.8 Å². The maximum atomic E-state index is 13.6. The molecule has 1 amide bonds. The molecule has 3 N–H and O–H groups in total. The van der Waals surface area contributed by atoms with Crippen LogP contribution in [0.1, 0.15) is 32.1 Å². The van der Waals surface area contributed by atoms with Gasteiger partial charge in [0.05, 0.1) is 17.9 Å². The van der Waals surface area contributed by atoms with Crippen LogP contribution in [-0.2, 0) is 9.47 Å². The highest BCUT2D eigenvalue weighted by atomic mass is 19.2. The Bertz CT molecular complexity index is 868. The molecule has 0 saturated carbocycles. The Balaban J connectivity index is 2.12. The van der Waals surface area contributed by atoms with E-state index in [1.807, 2.05) is 0 Å². The highest BCUT2D eigenvalue weighted by molar-refractivity contribution is 6.00. The number of carbonyl (C=O) groups excluding carboxylic acids is 2. The maximum Gasteiger partial charge on any atom is 0.340 e. The molecule has 0 fully saturated rings. The average molecular weight is 385 g/mol. The van der Waals surface area contributed by atoms with Crippen molar-refractivity contribution in [1.29, 1.82) is 0 Å². The molecule has 146 valence electrons. The molecule has 10 heteroatoms. The predicted octanol–water partition coefficient (Wildman–Crippen LogP) is 2.61. The lowest BCUT2D eigenvalue weighted by atomic mass is 10.1. The molecule has 0 unspecified atom stereocenters. The Labute approximate surface area is 152 Å². The second kappa shape index (κ2) is 8.58. The number of esters is 1. The van der Waals surface area contributed by atoms with E-state index in [2.05, 4.69) is 15.8 Å². The van der Waals surface area contributed by atoms with Crippen molar-refractivity contribution in [2.24, 2.45) is 0 Å². The molecule has 1 aromatic heterocycles. The summed E-state index contributed by atoms with van der Waals surface area (Å²) in [5.41, 5.74) is 4.81. The van der Waals surface area contributed by atoms with Crippen LogP contribution in [0.15, 0.2) is 12.1 Å². The molecule has 1 heterocycles. The maximum absolute atomic E-state index is 13.6. The number of nitrogens with one attached hydrogen (secondary N) is 3. The van der Waals surface area contributed by atoms with Gasteiger partial charge in [-0.2, -0.15) is 0 Å². The molecule has 0 saturated heterocycles. The summed E-state index contributed by atoms with van der Waals surface area (Å²) in [6, 6.07) is 1.64. The predicted molar refractivity (Wildman–Crippen MR) is 89.8 cm³/mol. The topological polar surface area (TPSA) is 92.5 Å². The monoisotopic (exact) mass is 385 g/mol. The van der Waals surface area contributed by atoms with Gasteiger partial charge in [0.1, 0.15) is 12.3 Å². The molecule has 0 aliphatic rings. The molecule has 7 nitrogen and oxygen atoms in total. The molecular formula is C17H18F3N3O4. The zero-order valence-electron chi connectivity index (χ0n) is 14.8. The first-order valence-corrected chi connectivity index (χ1v) is 7.83. The van der Waals surface area contributed by atoms with Crippen molar-refractivity contribution < 1.29 is 32.2 Å². The van der Waals surface area contributed by atoms with Crippen LogP contribution in [0.5, 0.6) is 0 Å². The first kappa shape index (κ1) is 20.3. The smallest absolute Gasteiger partial charge is 0.340 e. The Hall–Kier alpha value is -3.01. The van der Waals surface area contributed by atoms with E-state index in [4.69, 9.17) is 9.47 Å². The quantitative estimate of drug-likeness (QED) is 0.295. The number of benzene rings is 1. The minimum Gasteiger partial charge on any atom is -0.460 e. The lowest BCUT2D eigenvalue weighted by Gasteiger charge is -2.10. The van der Waals surface area contributed by atoms with E-state index in [0.29, 0.717) is 17.3 Å². The molecule has 0 bridgehead atoms. The number of hydrogen-bond acceptors (Lipinski definition) is 5. The third-order valence-electron chi connectivity index (χ3n) is 3.74. The molecule has 27 heavy (non-hydrogen) atoms. The van der Waals surface area contributed by atoms with Gasteiger partial charge in [0.25, 0.3) is 5.91 Å². The summed E-state index contributed by atoms with van der Waals surface area (Å²) in [4.78, 5) is 27.1. The molecule has 0 aliphatic heterocycles. The summed E-state index contributed by atoms with van der Waals surface area (Å²) in [6.07, 6.45) is 0. The van der Waals surface area contributed by atoms with Gasteiger partial charge in [-0.05, 0) is 31.5 Å². The number of H-pyrrole nitrogens is 1. The molecule has 2 rings (SSSR count). The first-order chi connectivity index (χ1) is 12.8. The largest absolute Gasteiger partial charge is 0.460 e. The van der Waals surface area contributed by atoms with Crippen LogP contribution >= 0.6 is 0 Å².